The minimum Gasteiger partial charge on any atom is -0.497 e. The topological polar surface area (TPSA) is 84.9 Å². The number of hydrogen-bond donors (Lipinski definition) is 1. The molecule has 8 heteroatoms. The summed E-state index contributed by atoms with van der Waals surface area (Å²) in [6.45, 7) is 2.14. The van der Waals surface area contributed by atoms with Crippen molar-refractivity contribution in [1.29, 1.82) is 0 Å². The lowest BCUT2D eigenvalue weighted by molar-refractivity contribution is -0.127. The lowest BCUT2D eigenvalue weighted by atomic mass is 9.99. The van der Waals surface area contributed by atoms with Crippen LogP contribution in [-0.2, 0) is 26.0 Å². The van der Waals surface area contributed by atoms with Gasteiger partial charge in [-0.05, 0) is 37.0 Å². The van der Waals surface area contributed by atoms with E-state index in [4.69, 9.17) is 9.47 Å². The van der Waals surface area contributed by atoms with Crippen molar-refractivity contribution in [3.8, 4) is 5.75 Å². The van der Waals surface area contributed by atoms with Crippen molar-refractivity contribution < 1.29 is 22.7 Å². The molecule has 0 unspecified atom stereocenters. The quantitative estimate of drug-likeness (QED) is 0.688. The summed E-state index contributed by atoms with van der Waals surface area (Å²) in [7, 11) is -1.74. The second-order valence-corrected chi connectivity index (χ2v) is 8.42. The predicted molar refractivity (Wildman–Crippen MR) is 99.7 cm³/mol. The Kier molecular flexibility index (Phi) is 7.86. The van der Waals surface area contributed by atoms with Crippen LogP contribution in [0.4, 0.5) is 0 Å². The smallest absolute Gasteiger partial charge is 0.223 e. The average Bonchev–Trinajstić information content (AvgIpc) is 2.64. The van der Waals surface area contributed by atoms with Gasteiger partial charge in [-0.25, -0.2) is 12.7 Å². The minimum absolute atomic E-state index is 0.0189. The highest BCUT2D eigenvalue weighted by Gasteiger charge is 2.22. The Balaban J connectivity index is 1.84. The van der Waals surface area contributed by atoms with Gasteiger partial charge in [-0.15, -0.1) is 0 Å². The Morgan fingerprint density at radius 3 is 2.69 bits per heavy atom. The molecule has 1 saturated heterocycles. The van der Waals surface area contributed by atoms with Crippen LogP contribution in [-0.4, -0.2) is 64.8 Å². The van der Waals surface area contributed by atoms with Crippen LogP contribution in [0.5, 0.6) is 5.75 Å². The molecular weight excluding hydrogens is 356 g/mol. The van der Waals surface area contributed by atoms with Gasteiger partial charge in [-0.1, -0.05) is 12.1 Å². The number of ether oxygens (including phenoxy) is 2. The number of methoxy groups -OCH3 is 1. The molecule has 26 heavy (non-hydrogen) atoms. The molecule has 7 nitrogen and oxygen atoms in total. The zero-order chi connectivity index (χ0) is 19.0. The van der Waals surface area contributed by atoms with Crippen molar-refractivity contribution in [2.45, 2.75) is 19.3 Å². The summed E-state index contributed by atoms with van der Waals surface area (Å²) in [5.74, 6) is 0.693. The summed E-state index contributed by atoms with van der Waals surface area (Å²) in [6, 6.07) is 7.57. The Labute approximate surface area is 155 Å². The first-order valence-electron chi connectivity index (χ1n) is 8.83. The van der Waals surface area contributed by atoms with Gasteiger partial charge in [0, 0.05) is 38.8 Å². The molecule has 146 valence electrons. The highest BCUT2D eigenvalue weighted by molar-refractivity contribution is 7.88. The fraction of sp³-hybridized carbons (Fsp3) is 0.611. The Morgan fingerprint density at radius 1 is 1.31 bits per heavy atom. The van der Waals surface area contributed by atoms with E-state index >= 15 is 0 Å². The average molecular weight is 384 g/mol. The number of amides is 1. The minimum atomic E-state index is -3.34. The molecule has 1 heterocycles. The summed E-state index contributed by atoms with van der Waals surface area (Å²) < 4.78 is 35.9. The Hall–Kier alpha value is -1.64. The number of benzene rings is 1. The van der Waals surface area contributed by atoms with E-state index < -0.39 is 10.0 Å². The van der Waals surface area contributed by atoms with Crippen LogP contribution in [0.2, 0.25) is 0 Å². The van der Waals surface area contributed by atoms with Crippen molar-refractivity contribution in [2.75, 3.05) is 46.2 Å². The number of nitrogens with zero attached hydrogens (tertiary/aromatic N) is 1. The van der Waals surface area contributed by atoms with E-state index in [1.54, 1.807) is 7.11 Å². The van der Waals surface area contributed by atoms with Crippen LogP contribution < -0.4 is 10.1 Å². The number of sulfonamides is 1. The van der Waals surface area contributed by atoms with E-state index in [0.717, 1.165) is 24.2 Å². The molecule has 1 aliphatic heterocycles. The molecule has 0 saturated carbocycles. The lowest BCUT2D eigenvalue weighted by Gasteiger charge is -2.23. The van der Waals surface area contributed by atoms with Gasteiger partial charge in [0.25, 0.3) is 0 Å². The molecule has 0 bridgehead atoms. The Bertz CT molecular complexity index is 687. The largest absolute Gasteiger partial charge is 0.497 e. The molecule has 1 fully saturated rings. The van der Waals surface area contributed by atoms with Gasteiger partial charge in [0.15, 0.2) is 0 Å². The van der Waals surface area contributed by atoms with E-state index in [2.05, 4.69) is 5.32 Å². The molecule has 0 radical (unpaired) electrons. The molecule has 0 aliphatic carbocycles. The number of hydrogen-bond acceptors (Lipinski definition) is 5. The highest BCUT2D eigenvalue weighted by atomic mass is 32.2. The highest BCUT2D eigenvalue weighted by Crippen LogP contribution is 2.15. The van der Waals surface area contributed by atoms with Crippen LogP contribution >= 0.6 is 0 Å². The summed E-state index contributed by atoms with van der Waals surface area (Å²) >= 11 is 0. The second-order valence-electron chi connectivity index (χ2n) is 6.44. The summed E-state index contributed by atoms with van der Waals surface area (Å²) in [6.07, 6.45) is 3.21. The number of rotatable bonds is 9. The zero-order valence-electron chi connectivity index (χ0n) is 15.4. The maximum atomic E-state index is 12.1. The predicted octanol–water partition coefficient (Wildman–Crippen LogP) is 1.04. The zero-order valence-corrected chi connectivity index (χ0v) is 16.3. The van der Waals surface area contributed by atoms with E-state index in [0.29, 0.717) is 32.7 Å². The van der Waals surface area contributed by atoms with Crippen molar-refractivity contribution in [2.24, 2.45) is 5.92 Å². The monoisotopic (exact) mass is 384 g/mol. The molecule has 0 aromatic heterocycles. The van der Waals surface area contributed by atoms with E-state index in [-0.39, 0.29) is 18.4 Å². The van der Waals surface area contributed by atoms with Crippen LogP contribution in [0.1, 0.15) is 18.4 Å². The fourth-order valence-corrected chi connectivity index (χ4v) is 3.78. The molecule has 1 amide bonds. The summed E-state index contributed by atoms with van der Waals surface area (Å²) in [5.41, 5.74) is 1.00. The SMILES string of the molecule is COc1cccc(CCN(CCNC(=O)C2CCOCC2)S(C)(=O)=O)c1. The lowest BCUT2D eigenvalue weighted by Crippen LogP contribution is -2.41. The van der Waals surface area contributed by atoms with E-state index in [1.165, 1.54) is 10.6 Å². The van der Waals surface area contributed by atoms with Gasteiger partial charge in [-0.2, -0.15) is 0 Å². The molecule has 2 rings (SSSR count). The van der Waals surface area contributed by atoms with E-state index in [9.17, 15) is 13.2 Å². The molecule has 0 spiro atoms. The summed E-state index contributed by atoms with van der Waals surface area (Å²) in [5, 5.41) is 2.85. The van der Waals surface area contributed by atoms with Crippen molar-refractivity contribution in [3.63, 3.8) is 0 Å². The second kappa shape index (κ2) is 9.89. The van der Waals surface area contributed by atoms with Gasteiger partial charge in [0.1, 0.15) is 5.75 Å². The number of carbonyl (C=O) groups is 1. The van der Waals surface area contributed by atoms with Crippen LogP contribution in [0.15, 0.2) is 24.3 Å². The first-order chi connectivity index (χ1) is 12.4. The first-order valence-corrected chi connectivity index (χ1v) is 10.7. The molecule has 1 N–H and O–H groups in total. The van der Waals surface area contributed by atoms with Gasteiger partial charge in [0.2, 0.25) is 15.9 Å². The molecule has 1 aromatic rings. The van der Waals surface area contributed by atoms with Gasteiger partial charge in [0.05, 0.1) is 13.4 Å². The van der Waals surface area contributed by atoms with Crippen LogP contribution in [0.3, 0.4) is 0 Å². The third-order valence-electron chi connectivity index (χ3n) is 4.51. The fourth-order valence-electron chi connectivity index (χ4n) is 2.93. The number of nitrogens with one attached hydrogen (secondary N) is 1. The first kappa shape index (κ1) is 20.7. The Morgan fingerprint density at radius 2 is 2.04 bits per heavy atom. The van der Waals surface area contributed by atoms with Crippen LogP contribution in [0, 0.1) is 5.92 Å². The molecule has 0 atom stereocenters. The number of carbonyl (C=O) groups excluding carboxylic acids is 1. The molecular formula is C18H28N2O5S. The maximum Gasteiger partial charge on any atom is 0.223 e. The van der Waals surface area contributed by atoms with Crippen molar-refractivity contribution >= 4 is 15.9 Å². The van der Waals surface area contributed by atoms with Crippen LogP contribution in [0.25, 0.3) is 0 Å². The third-order valence-corrected chi connectivity index (χ3v) is 5.81. The summed E-state index contributed by atoms with van der Waals surface area (Å²) in [4.78, 5) is 12.1. The normalized spacial score (nSPS) is 15.8. The van der Waals surface area contributed by atoms with Crippen molar-refractivity contribution in [1.82, 2.24) is 9.62 Å². The van der Waals surface area contributed by atoms with Gasteiger partial charge < -0.3 is 14.8 Å². The molecule has 1 aliphatic rings. The molecule has 1 aromatic carbocycles. The van der Waals surface area contributed by atoms with E-state index in [1.807, 2.05) is 24.3 Å². The maximum absolute atomic E-state index is 12.1. The van der Waals surface area contributed by atoms with Gasteiger partial charge in [-0.3, -0.25) is 4.79 Å². The third kappa shape index (κ3) is 6.59. The standard InChI is InChI=1S/C18H28N2O5S/c1-24-17-5-3-4-15(14-17)6-10-20(26(2,22)23)11-9-19-18(21)16-7-12-25-13-8-16/h3-5,14,16H,6-13H2,1-2H3,(H,19,21). The van der Waals surface area contributed by atoms with Crippen molar-refractivity contribution in [3.05, 3.63) is 29.8 Å². The van der Waals surface area contributed by atoms with Gasteiger partial charge >= 0.3 is 0 Å².